The maximum atomic E-state index is 12.9. The van der Waals surface area contributed by atoms with Gasteiger partial charge in [0.1, 0.15) is 13.2 Å². The van der Waals surface area contributed by atoms with Crippen LogP contribution in [0.4, 0.5) is 0 Å². The maximum Gasteiger partial charge on any atom is 0.306 e. The van der Waals surface area contributed by atoms with Gasteiger partial charge in [-0.3, -0.25) is 14.4 Å². The SMILES string of the molecule is CCC/C=C\C/C=C\CCCCCCCC(=O)OCC(COC(=O)CCCCCCCCCCCCCCCC/C=C\C/C=C\C/C=C\CCCCCCC)OC(=O)CCCCCCC/C=C\C/C=C\CCCC. The number of unbranched alkanes of at least 4 members (excludes halogenated alkanes) is 32. The minimum atomic E-state index is -0.790. The van der Waals surface area contributed by atoms with Gasteiger partial charge in [0.25, 0.3) is 0 Å². The highest BCUT2D eigenvalue weighted by Gasteiger charge is 2.19. The summed E-state index contributed by atoms with van der Waals surface area (Å²) in [5.41, 5.74) is 0. The molecule has 0 amide bonds. The number of ether oxygens (including phenoxy) is 3. The molecular weight excluding hydrogens is 913 g/mol. The third-order valence-corrected chi connectivity index (χ3v) is 13.6. The monoisotopic (exact) mass is 1030 g/mol. The lowest BCUT2D eigenvalue weighted by atomic mass is 10.0. The lowest BCUT2D eigenvalue weighted by molar-refractivity contribution is -0.167. The van der Waals surface area contributed by atoms with Crippen molar-refractivity contribution >= 4 is 17.9 Å². The largest absolute Gasteiger partial charge is 0.462 e. The van der Waals surface area contributed by atoms with E-state index in [1.54, 1.807) is 0 Å². The predicted octanol–water partition coefficient (Wildman–Crippen LogP) is 21.5. The average molecular weight is 1030 g/mol. The van der Waals surface area contributed by atoms with E-state index in [9.17, 15) is 14.4 Å². The van der Waals surface area contributed by atoms with Crippen molar-refractivity contribution in [3.05, 3.63) is 85.1 Å². The fourth-order valence-electron chi connectivity index (χ4n) is 8.80. The van der Waals surface area contributed by atoms with Crippen LogP contribution >= 0.6 is 0 Å². The highest BCUT2D eigenvalue weighted by molar-refractivity contribution is 5.71. The zero-order valence-corrected chi connectivity index (χ0v) is 48.8. The molecule has 6 heteroatoms. The first-order valence-corrected chi connectivity index (χ1v) is 31.6. The Balaban J connectivity index is 4.22. The smallest absolute Gasteiger partial charge is 0.306 e. The second-order valence-electron chi connectivity index (χ2n) is 21.0. The molecule has 0 aromatic carbocycles. The Bertz CT molecular complexity index is 1420. The molecular formula is C68H118O6. The van der Waals surface area contributed by atoms with Crippen LogP contribution in [0.2, 0.25) is 0 Å². The molecule has 0 fully saturated rings. The van der Waals surface area contributed by atoms with E-state index >= 15 is 0 Å². The van der Waals surface area contributed by atoms with E-state index in [0.29, 0.717) is 19.3 Å². The summed E-state index contributed by atoms with van der Waals surface area (Å²) in [5.74, 6) is -0.907. The van der Waals surface area contributed by atoms with Crippen molar-refractivity contribution in [2.45, 2.75) is 316 Å². The summed E-state index contributed by atoms with van der Waals surface area (Å²) < 4.78 is 16.9. The molecule has 0 aliphatic carbocycles. The number of carbonyl (C=O) groups excluding carboxylic acids is 3. The molecule has 426 valence electrons. The Kier molecular flexibility index (Phi) is 59.3. The number of rotatable bonds is 57. The normalized spacial score (nSPS) is 12.6. The van der Waals surface area contributed by atoms with Gasteiger partial charge in [0.05, 0.1) is 0 Å². The molecule has 6 nitrogen and oxygen atoms in total. The van der Waals surface area contributed by atoms with Crippen LogP contribution in [0.1, 0.15) is 310 Å². The van der Waals surface area contributed by atoms with E-state index in [2.05, 4.69) is 106 Å². The van der Waals surface area contributed by atoms with Gasteiger partial charge in [-0.1, -0.05) is 266 Å². The van der Waals surface area contributed by atoms with Gasteiger partial charge in [-0.05, 0) is 109 Å². The summed E-state index contributed by atoms with van der Waals surface area (Å²) in [6.45, 7) is 6.52. The molecule has 0 spiro atoms. The lowest BCUT2D eigenvalue weighted by Crippen LogP contribution is -2.30. The molecule has 74 heavy (non-hydrogen) atoms. The highest BCUT2D eigenvalue weighted by Crippen LogP contribution is 2.16. The molecule has 1 atom stereocenters. The van der Waals surface area contributed by atoms with Gasteiger partial charge in [-0.15, -0.1) is 0 Å². The van der Waals surface area contributed by atoms with Crippen LogP contribution in [0.25, 0.3) is 0 Å². The highest BCUT2D eigenvalue weighted by atomic mass is 16.6. The Morgan fingerprint density at radius 1 is 0.270 bits per heavy atom. The van der Waals surface area contributed by atoms with Crippen molar-refractivity contribution in [1.82, 2.24) is 0 Å². The molecule has 0 bridgehead atoms. The molecule has 1 unspecified atom stereocenters. The van der Waals surface area contributed by atoms with E-state index in [-0.39, 0.29) is 31.1 Å². The average Bonchev–Trinajstić information content (AvgIpc) is 3.40. The topological polar surface area (TPSA) is 78.9 Å². The summed E-state index contributed by atoms with van der Waals surface area (Å²) in [7, 11) is 0. The number of carbonyl (C=O) groups is 3. The number of hydrogen-bond acceptors (Lipinski definition) is 6. The fraction of sp³-hybridized carbons (Fsp3) is 0.750. The summed E-state index contributed by atoms with van der Waals surface area (Å²) in [5, 5.41) is 0. The third kappa shape index (κ3) is 59.5. The summed E-state index contributed by atoms with van der Waals surface area (Å²) >= 11 is 0. The second kappa shape index (κ2) is 62.1. The Morgan fingerprint density at radius 2 is 0.527 bits per heavy atom. The van der Waals surface area contributed by atoms with Gasteiger partial charge >= 0.3 is 17.9 Å². The number of esters is 3. The van der Waals surface area contributed by atoms with Crippen molar-refractivity contribution in [2.75, 3.05) is 13.2 Å². The van der Waals surface area contributed by atoms with E-state index in [4.69, 9.17) is 14.2 Å². The number of hydrogen-bond donors (Lipinski definition) is 0. The van der Waals surface area contributed by atoms with E-state index in [0.717, 1.165) is 128 Å². The van der Waals surface area contributed by atoms with Crippen LogP contribution in [0.5, 0.6) is 0 Å². The fourth-order valence-corrected chi connectivity index (χ4v) is 8.80. The van der Waals surface area contributed by atoms with Crippen molar-refractivity contribution in [3.63, 3.8) is 0 Å². The van der Waals surface area contributed by atoms with Crippen LogP contribution in [0.3, 0.4) is 0 Å². The van der Waals surface area contributed by atoms with Crippen LogP contribution in [-0.4, -0.2) is 37.2 Å². The van der Waals surface area contributed by atoms with Crippen molar-refractivity contribution in [2.24, 2.45) is 0 Å². The maximum absolute atomic E-state index is 12.9. The van der Waals surface area contributed by atoms with Crippen LogP contribution < -0.4 is 0 Å². The zero-order chi connectivity index (χ0) is 53.6. The Morgan fingerprint density at radius 3 is 0.851 bits per heavy atom. The molecule has 0 heterocycles. The molecule has 0 saturated carbocycles. The summed E-state index contributed by atoms with van der Waals surface area (Å²) in [6, 6.07) is 0. The van der Waals surface area contributed by atoms with Crippen LogP contribution in [0, 0.1) is 0 Å². The van der Waals surface area contributed by atoms with Gasteiger partial charge in [-0.25, -0.2) is 0 Å². The van der Waals surface area contributed by atoms with Gasteiger partial charge in [0.2, 0.25) is 0 Å². The molecule has 0 radical (unpaired) electrons. The first kappa shape index (κ1) is 70.6. The molecule has 0 rings (SSSR count). The molecule has 0 saturated heterocycles. The predicted molar refractivity (Wildman–Crippen MR) is 321 cm³/mol. The zero-order valence-electron chi connectivity index (χ0n) is 48.8. The van der Waals surface area contributed by atoms with Gasteiger partial charge in [-0.2, -0.15) is 0 Å². The Labute approximate surface area is 458 Å². The van der Waals surface area contributed by atoms with Crippen molar-refractivity contribution in [1.29, 1.82) is 0 Å². The van der Waals surface area contributed by atoms with E-state index in [1.165, 1.54) is 141 Å². The van der Waals surface area contributed by atoms with Gasteiger partial charge in [0, 0.05) is 19.3 Å². The first-order valence-electron chi connectivity index (χ1n) is 31.6. The molecule has 0 aromatic rings. The van der Waals surface area contributed by atoms with E-state index < -0.39 is 6.10 Å². The van der Waals surface area contributed by atoms with Gasteiger partial charge < -0.3 is 14.2 Å². The summed E-state index contributed by atoms with van der Waals surface area (Å²) in [6.07, 6.45) is 81.7. The molecule has 0 N–H and O–H groups in total. The molecule has 0 aliphatic heterocycles. The molecule has 0 aromatic heterocycles. The quantitative estimate of drug-likeness (QED) is 0.0261. The second-order valence-corrected chi connectivity index (χ2v) is 21.0. The minimum Gasteiger partial charge on any atom is -0.462 e. The first-order chi connectivity index (χ1) is 36.5. The van der Waals surface area contributed by atoms with Crippen molar-refractivity contribution < 1.29 is 28.6 Å². The van der Waals surface area contributed by atoms with Crippen LogP contribution in [-0.2, 0) is 28.6 Å². The van der Waals surface area contributed by atoms with E-state index in [1.807, 2.05) is 0 Å². The Hall–Kier alpha value is -3.41. The standard InChI is InChI=1S/C68H118O6/c1-4-7-10-13-16-19-22-25-27-28-29-30-31-32-33-34-35-36-37-38-39-40-41-44-46-49-52-55-58-61-67(70)73-64-65(63-72-66(69)60-57-54-51-48-45-42-24-21-18-15-12-9-6-3)74-68(71)62-59-56-53-50-47-43-26-23-20-17-14-11-8-5-2/h12,14-15,17,21-26,28-29,31-32,65H,4-11,13,16,18-20,27,30,33-64H2,1-3H3/b15-12-,17-14-,24-21-,25-22-,26-23-,29-28-,32-31-. The van der Waals surface area contributed by atoms with Crippen molar-refractivity contribution in [3.8, 4) is 0 Å². The van der Waals surface area contributed by atoms with Gasteiger partial charge in [0.15, 0.2) is 6.10 Å². The van der Waals surface area contributed by atoms with Crippen LogP contribution in [0.15, 0.2) is 85.1 Å². The lowest BCUT2D eigenvalue weighted by Gasteiger charge is -2.18. The molecule has 0 aliphatic rings. The number of allylic oxidation sites excluding steroid dienone is 14. The minimum absolute atomic E-state index is 0.0860. The third-order valence-electron chi connectivity index (χ3n) is 13.6. The summed E-state index contributed by atoms with van der Waals surface area (Å²) in [4.78, 5) is 38.2.